The molecule has 7 rings (SSSR count). The van der Waals surface area contributed by atoms with E-state index in [1.54, 1.807) is 24.3 Å². The van der Waals surface area contributed by atoms with E-state index in [-0.39, 0.29) is 35.1 Å². The van der Waals surface area contributed by atoms with Crippen LogP contribution in [0.25, 0.3) is 21.5 Å². The number of rotatable bonds is 7. The lowest BCUT2D eigenvalue weighted by atomic mass is 10.00. The largest absolute Gasteiger partial charge is 0.478 e. The predicted molar refractivity (Wildman–Crippen MR) is 142 cm³/mol. The molecule has 0 amide bonds. The molecule has 198 valence electrons. The summed E-state index contributed by atoms with van der Waals surface area (Å²) in [6.07, 6.45) is 5.83. The molecule has 1 N–H and O–H groups in total. The number of hydrogen-bond donors (Lipinski definition) is 1. The molecule has 2 bridgehead atoms. The molecule has 4 aromatic rings. The maximum absolute atomic E-state index is 14.6. The number of hydrogen-bond acceptors (Lipinski definition) is 8. The Bertz CT molecular complexity index is 1620. The molecule has 0 radical (unpaired) electrons. The lowest BCUT2D eigenvalue weighted by molar-refractivity contribution is 0.0147. The van der Waals surface area contributed by atoms with Gasteiger partial charge in [0.15, 0.2) is 5.13 Å². The molecule has 10 heteroatoms. The van der Waals surface area contributed by atoms with Gasteiger partial charge < -0.3 is 19.3 Å². The van der Waals surface area contributed by atoms with Gasteiger partial charge in [-0.3, -0.25) is 0 Å². The fourth-order valence-electron chi connectivity index (χ4n) is 6.11. The van der Waals surface area contributed by atoms with Crippen molar-refractivity contribution in [2.24, 2.45) is 0 Å². The first-order valence-corrected chi connectivity index (χ1v) is 14.0. The average Bonchev–Trinajstić information content (AvgIpc) is 3.45. The summed E-state index contributed by atoms with van der Waals surface area (Å²) >= 11 is 1.44. The molecular weight excluding hydrogens is 519 g/mol. The van der Waals surface area contributed by atoms with Crippen LogP contribution in [0.3, 0.4) is 0 Å². The molecule has 1 unspecified atom stereocenters. The second kappa shape index (κ2) is 9.43. The number of carboxylic acids is 1. The standard InChI is InChI=1S/C29H25FN4O4S/c30-23-4-2-1-3-21(23)26-22(27(38-33-26)15-5-6-15)14-37-20-11-18-7-8-19(12-20)34(18)29-32-25-17(13-31)9-16(28(35)36)10-24(25)39-29/h1-4,9-10,15,18-20H,5-8,11-12,14H2,(H,35,36)/t18-,19+,20?. The van der Waals surface area contributed by atoms with Crippen molar-refractivity contribution >= 4 is 32.7 Å². The number of halogens is 1. The molecule has 1 aliphatic carbocycles. The van der Waals surface area contributed by atoms with Gasteiger partial charge in [-0.2, -0.15) is 5.26 Å². The monoisotopic (exact) mass is 544 g/mol. The average molecular weight is 545 g/mol. The van der Waals surface area contributed by atoms with Gasteiger partial charge in [-0.05, 0) is 62.8 Å². The van der Waals surface area contributed by atoms with Crippen molar-refractivity contribution in [3.8, 4) is 17.3 Å². The van der Waals surface area contributed by atoms with Crippen LogP contribution in [0, 0.1) is 17.1 Å². The summed E-state index contributed by atoms with van der Waals surface area (Å²) in [6.45, 7) is 0.327. The quantitative estimate of drug-likeness (QED) is 0.290. The van der Waals surface area contributed by atoms with Gasteiger partial charge in [-0.25, -0.2) is 14.2 Å². The number of aromatic nitrogens is 2. The van der Waals surface area contributed by atoms with Crippen molar-refractivity contribution in [3.63, 3.8) is 0 Å². The Morgan fingerprint density at radius 1 is 1.21 bits per heavy atom. The van der Waals surface area contributed by atoms with E-state index in [1.165, 1.54) is 23.5 Å². The summed E-state index contributed by atoms with van der Waals surface area (Å²) in [5, 5.41) is 24.1. The molecule has 3 fully saturated rings. The zero-order valence-electron chi connectivity index (χ0n) is 21.0. The zero-order chi connectivity index (χ0) is 26.7. The van der Waals surface area contributed by atoms with Crippen molar-refractivity contribution in [2.45, 2.75) is 69.2 Å². The maximum Gasteiger partial charge on any atom is 0.335 e. The van der Waals surface area contributed by atoms with Crippen LogP contribution < -0.4 is 4.90 Å². The van der Waals surface area contributed by atoms with Crippen molar-refractivity contribution in [1.29, 1.82) is 5.26 Å². The van der Waals surface area contributed by atoms with E-state index in [0.29, 0.717) is 34.0 Å². The minimum absolute atomic E-state index is 0.0387. The number of nitrogens with zero attached hydrogens (tertiary/aromatic N) is 4. The molecule has 2 aromatic heterocycles. The Morgan fingerprint density at radius 2 is 1.97 bits per heavy atom. The van der Waals surface area contributed by atoms with Crippen molar-refractivity contribution in [1.82, 2.24) is 10.1 Å². The molecule has 39 heavy (non-hydrogen) atoms. The summed E-state index contributed by atoms with van der Waals surface area (Å²) in [6, 6.07) is 12.2. The van der Waals surface area contributed by atoms with Gasteiger partial charge in [0.2, 0.25) is 0 Å². The first kappa shape index (κ1) is 24.2. The lowest BCUT2D eigenvalue weighted by Crippen LogP contribution is -2.45. The Kier molecular flexibility index (Phi) is 5.86. The van der Waals surface area contributed by atoms with E-state index < -0.39 is 5.97 Å². The molecule has 2 saturated heterocycles. The van der Waals surface area contributed by atoms with Crippen LogP contribution in [-0.2, 0) is 11.3 Å². The molecule has 3 aliphatic rings. The smallest absolute Gasteiger partial charge is 0.335 e. The summed E-state index contributed by atoms with van der Waals surface area (Å²) in [4.78, 5) is 18.6. The Hall–Kier alpha value is -3.81. The minimum atomic E-state index is -1.06. The third-order valence-corrected chi connectivity index (χ3v) is 9.14. The van der Waals surface area contributed by atoms with E-state index >= 15 is 0 Å². The molecule has 2 aliphatic heterocycles. The molecule has 4 heterocycles. The highest BCUT2D eigenvalue weighted by Gasteiger charge is 2.43. The number of ether oxygens (including phenoxy) is 1. The number of fused-ring (bicyclic) bond motifs is 3. The van der Waals surface area contributed by atoms with Crippen LogP contribution >= 0.6 is 11.3 Å². The Morgan fingerprint density at radius 3 is 2.67 bits per heavy atom. The molecule has 0 spiro atoms. The fraction of sp³-hybridized carbons (Fsp3) is 0.379. The fourth-order valence-corrected chi connectivity index (χ4v) is 7.28. The number of carboxylic acid groups (broad SMARTS) is 1. The maximum atomic E-state index is 14.6. The van der Waals surface area contributed by atoms with Gasteiger partial charge in [-0.1, -0.05) is 28.6 Å². The van der Waals surface area contributed by atoms with Crippen LogP contribution in [-0.4, -0.2) is 39.4 Å². The van der Waals surface area contributed by atoms with Crippen molar-refractivity contribution < 1.29 is 23.6 Å². The molecule has 8 nitrogen and oxygen atoms in total. The third-order valence-electron chi connectivity index (χ3n) is 8.12. The number of aromatic carboxylic acids is 1. The van der Waals surface area contributed by atoms with E-state index in [9.17, 15) is 19.6 Å². The van der Waals surface area contributed by atoms with E-state index in [0.717, 1.165) is 55.0 Å². The molecule has 1 saturated carbocycles. The number of piperidine rings is 1. The van der Waals surface area contributed by atoms with Gasteiger partial charge in [0.25, 0.3) is 0 Å². The highest BCUT2D eigenvalue weighted by Crippen LogP contribution is 2.46. The first-order valence-electron chi connectivity index (χ1n) is 13.2. The van der Waals surface area contributed by atoms with Crippen LogP contribution in [0.5, 0.6) is 0 Å². The number of carbonyl (C=O) groups is 1. The minimum Gasteiger partial charge on any atom is -0.478 e. The van der Waals surface area contributed by atoms with Crippen LogP contribution in [0.15, 0.2) is 40.9 Å². The van der Waals surface area contributed by atoms with E-state index in [4.69, 9.17) is 14.2 Å². The van der Waals surface area contributed by atoms with Gasteiger partial charge in [0, 0.05) is 29.1 Å². The van der Waals surface area contributed by atoms with Crippen molar-refractivity contribution in [2.75, 3.05) is 4.90 Å². The summed E-state index contributed by atoms with van der Waals surface area (Å²) in [5.41, 5.74) is 2.74. The van der Waals surface area contributed by atoms with Crippen molar-refractivity contribution in [3.05, 3.63) is 64.7 Å². The zero-order valence-corrected chi connectivity index (χ0v) is 21.8. The predicted octanol–water partition coefficient (Wildman–Crippen LogP) is 6.25. The normalized spacial score (nSPS) is 22.4. The number of benzene rings is 2. The topological polar surface area (TPSA) is 112 Å². The van der Waals surface area contributed by atoms with Gasteiger partial charge in [0.05, 0.1) is 28.5 Å². The van der Waals surface area contributed by atoms with Gasteiger partial charge in [-0.15, -0.1) is 0 Å². The molecule has 3 atom stereocenters. The first-order chi connectivity index (χ1) is 19.0. The third kappa shape index (κ3) is 4.26. The second-order valence-electron chi connectivity index (χ2n) is 10.6. The lowest BCUT2D eigenvalue weighted by Gasteiger charge is -2.38. The summed E-state index contributed by atoms with van der Waals surface area (Å²) in [5.74, 6) is -0.241. The summed E-state index contributed by atoms with van der Waals surface area (Å²) in [7, 11) is 0. The number of thiazole rings is 1. The van der Waals surface area contributed by atoms with Crippen LogP contribution in [0.4, 0.5) is 9.52 Å². The Balaban J connectivity index is 1.11. The van der Waals surface area contributed by atoms with E-state index in [2.05, 4.69) is 16.1 Å². The SMILES string of the molecule is N#Cc1cc(C(=O)O)cc2sc(N3[C@@H]4CC[C@H]3CC(OCc3c(-c5ccccc5F)noc3C3CC3)C4)nc12. The van der Waals surface area contributed by atoms with Crippen LogP contribution in [0.2, 0.25) is 0 Å². The van der Waals surface area contributed by atoms with Gasteiger partial charge in [0.1, 0.15) is 28.9 Å². The Labute approximate surface area is 227 Å². The highest BCUT2D eigenvalue weighted by molar-refractivity contribution is 7.22. The van der Waals surface area contributed by atoms with E-state index in [1.807, 2.05) is 0 Å². The summed E-state index contributed by atoms with van der Waals surface area (Å²) < 4.78 is 27.5. The van der Waals surface area contributed by atoms with Gasteiger partial charge >= 0.3 is 5.97 Å². The second-order valence-corrected chi connectivity index (χ2v) is 11.6. The highest BCUT2D eigenvalue weighted by atomic mass is 32.1. The number of nitriles is 1. The molecule has 2 aromatic carbocycles. The molecular formula is C29H25FN4O4S. The van der Waals surface area contributed by atoms with Crippen LogP contribution in [0.1, 0.15) is 71.7 Å². The number of anilines is 1.